The molecular weight excluding hydrogens is 114 g/mol. The summed E-state index contributed by atoms with van der Waals surface area (Å²) in [6.45, 7) is 4.04. The number of aliphatic hydroxyl groups is 1. The van der Waals surface area contributed by atoms with Gasteiger partial charge in [-0.15, -0.1) is 0 Å². The fourth-order valence-electron chi connectivity index (χ4n) is 0.705. The average Bonchev–Trinajstić information content (AvgIpc) is 2.40. The van der Waals surface area contributed by atoms with Crippen molar-refractivity contribution in [3.63, 3.8) is 0 Å². The van der Waals surface area contributed by atoms with Crippen LogP contribution in [0.4, 0.5) is 0 Å². The van der Waals surface area contributed by atoms with Crippen molar-refractivity contribution in [2.24, 2.45) is 0 Å². The molecule has 0 saturated heterocycles. The highest BCUT2D eigenvalue weighted by Crippen LogP contribution is 2.20. The number of allylic oxidation sites excluding steroid dienone is 1. The van der Waals surface area contributed by atoms with Gasteiger partial charge >= 0.3 is 0 Å². The van der Waals surface area contributed by atoms with Gasteiger partial charge < -0.3 is 5.11 Å². The van der Waals surface area contributed by atoms with E-state index in [1.54, 1.807) is 0 Å². The van der Waals surface area contributed by atoms with Crippen LogP contribution in [0.5, 0.6) is 0 Å². The summed E-state index contributed by atoms with van der Waals surface area (Å²) in [5, 5.41) is 12.2. The lowest BCUT2D eigenvalue weighted by Gasteiger charge is -2.12. The van der Waals surface area contributed by atoms with Crippen LogP contribution >= 0.6 is 0 Å². The SMILES string of the molecule is CC(C)NC(O)C1=CC1. The van der Waals surface area contributed by atoms with E-state index in [0.717, 1.165) is 12.0 Å². The Morgan fingerprint density at radius 2 is 2.22 bits per heavy atom. The zero-order valence-electron chi connectivity index (χ0n) is 5.89. The summed E-state index contributed by atoms with van der Waals surface area (Å²) < 4.78 is 0. The van der Waals surface area contributed by atoms with Crippen molar-refractivity contribution < 1.29 is 5.11 Å². The largest absolute Gasteiger partial charge is 0.375 e. The molecule has 2 nitrogen and oxygen atoms in total. The maximum absolute atomic E-state index is 9.18. The molecule has 0 fully saturated rings. The van der Waals surface area contributed by atoms with Gasteiger partial charge in [0.25, 0.3) is 0 Å². The number of hydrogen-bond donors (Lipinski definition) is 2. The molecule has 0 spiro atoms. The molecule has 1 rings (SSSR count). The van der Waals surface area contributed by atoms with Crippen LogP contribution in [0, 0.1) is 0 Å². The van der Waals surface area contributed by atoms with Crippen molar-refractivity contribution in [3.8, 4) is 0 Å². The molecule has 0 radical (unpaired) electrons. The van der Waals surface area contributed by atoms with Crippen LogP contribution in [-0.4, -0.2) is 17.4 Å². The first-order valence-corrected chi connectivity index (χ1v) is 3.33. The minimum absolute atomic E-state index is 0.362. The summed E-state index contributed by atoms with van der Waals surface area (Å²) in [7, 11) is 0. The lowest BCUT2D eigenvalue weighted by molar-refractivity contribution is 0.166. The summed E-state index contributed by atoms with van der Waals surface area (Å²) >= 11 is 0. The predicted octanol–water partition coefficient (Wildman–Crippen LogP) is 0.633. The van der Waals surface area contributed by atoms with E-state index in [1.165, 1.54) is 0 Å². The first kappa shape index (κ1) is 6.78. The Hall–Kier alpha value is -0.340. The lowest BCUT2D eigenvalue weighted by atomic mass is 10.3. The molecule has 1 aliphatic rings. The van der Waals surface area contributed by atoms with Crippen LogP contribution in [0.15, 0.2) is 11.6 Å². The minimum Gasteiger partial charge on any atom is -0.375 e. The molecule has 0 bridgehead atoms. The number of hydrogen-bond acceptors (Lipinski definition) is 2. The predicted molar refractivity (Wildman–Crippen MR) is 37.0 cm³/mol. The topological polar surface area (TPSA) is 32.3 Å². The molecule has 0 aliphatic heterocycles. The van der Waals surface area contributed by atoms with E-state index in [0.29, 0.717) is 6.04 Å². The molecule has 1 atom stereocenters. The van der Waals surface area contributed by atoms with Crippen molar-refractivity contribution in [3.05, 3.63) is 11.6 Å². The molecule has 1 aliphatic carbocycles. The fourth-order valence-corrected chi connectivity index (χ4v) is 0.705. The maximum atomic E-state index is 9.18. The highest BCUT2D eigenvalue weighted by atomic mass is 16.3. The number of nitrogens with one attached hydrogen (secondary N) is 1. The molecule has 9 heavy (non-hydrogen) atoms. The number of rotatable bonds is 3. The van der Waals surface area contributed by atoms with Gasteiger partial charge in [0.1, 0.15) is 6.23 Å². The molecular formula is C7H13NO. The Balaban J connectivity index is 2.18. The molecule has 0 aromatic heterocycles. The summed E-state index contributed by atoms with van der Waals surface area (Å²) in [6.07, 6.45) is 2.63. The smallest absolute Gasteiger partial charge is 0.127 e. The van der Waals surface area contributed by atoms with E-state index < -0.39 is 0 Å². The molecule has 52 valence electrons. The molecule has 1 unspecified atom stereocenters. The van der Waals surface area contributed by atoms with Crippen LogP contribution in [0.1, 0.15) is 20.3 Å². The quantitative estimate of drug-likeness (QED) is 0.430. The summed E-state index contributed by atoms with van der Waals surface area (Å²) in [4.78, 5) is 0. The normalized spacial score (nSPS) is 19.8. The van der Waals surface area contributed by atoms with Gasteiger partial charge in [0.15, 0.2) is 0 Å². The van der Waals surface area contributed by atoms with E-state index >= 15 is 0 Å². The van der Waals surface area contributed by atoms with Crippen molar-refractivity contribution in [2.45, 2.75) is 32.5 Å². The van der Waals surface area contributed by atoms with Crippen molar-refractivity contribution >= 4 is 0 Å². The Labute approximate surface area is 55.6 Å². The van der Waals surface area contributed by atoms with Gasteiger partial charge in [-0.05, 0) is 25.8 Å². The van der Waals surface area contributed by atoms with E-state index in [1.807, 2.05) is 19.9 Å². The van der Waals surface area contributed by atoms with Gasteiger partial charge in [0.2, 0.25) is 0 Å². The van der Waals surface area contributed by atoms with Crippen LogP contribution in [0.3, 0.4) is 0 Å². The second-order valence-corrected chi connectivity index (χ2v) is 2.71. The third-order valence-corrected chi connectivity index (χ3v) is 1.28. The summed E-state index contributed by atoms with van der Waals surface area (Å²) in [5.74, 6) is 0. The summed E-state index contributed by atoms with van der Waals surface area (Å²) in [6, 6.07) is 0.362. The highest BCUT2D eigenvalue weighted by Gasteiger charge is 2.17. The highest BCUT2D eigenvalue weighted by molar-refractivity contribution is 5.25. The zero-order chi connectivity index (χ0) is 6.85. The number of aliphatic hydroxyl groups excluding tert-OH is 1. The van der Waals surface area contributed by atoms with E-state index in [2.05, 4.69) is 5.32 Å². The Morgan fingerprint density at radius 1 is 1.67 bits per heavy atom. The average molecular weight is 127 g/mol. The maximum Gasteiger partial charge on any atom is 0.127 e. The van der Waals surface area contributed by atoms with Crippen LogP contribution < -0.4 is 5.32 Å². The molecule has 0 aromatic rings. The van der Waals surface area contributed by atoms with Gasteiger partial charge in [-0.25, -0.2) is 0 Å². The second kappa shape index (κ2) is 2.50. The van der Waals surface area contributed by atoms with Gasteiger partial charge in [-0.3, -0.25) is 5.32 Å². The van der Waals surface area contributed by atoms with Gasteiger partial charge in [-0.1, -0.05) is 6.08 Å². The Bertz CT molecular complexity index is 129. The van der Waals surface area contributed by atoms with Gasteiger partial charge in [0, 0.05) is 6.04 Å². The third-order valence-electron chi connectivity index (χ3n) is 1.28. The van der Waals surface area contributed by atoms with Gasteiger partial charge in [0.05, 0.1) is 0 Å². The second-order valence-electron chi connectivity index (χ2n) is 2.71. The third kappa shape index (κ3) is 2.16. The van der Waals surface area contributed by atoms with Crippen LogP contribution in [0.2, 0.25) is 0 Å². The molecule has 0 saturated carbocycles. The zero-order valence-corrected chi connectivity index (χ0v) is 5.89. The molecule has 2 N–H and O–H groups in total. The molecule has 0 aromatic carbocycles. The van der Waals surface area contributed by atoms with E-state index in [9.17, 15) is 5.11 Å². The Morgan fingerprint density at radius 3 is 2.56 bits per heavy atom. The van der Waals surface area contributed by atoms with Crippen LogP contribution in [0.25, 0.3) is 0 Å². The van der Waals surface area contributed by atoms with Crippen molar-refractivity contribution in [2.75, 3.05) is 0 Å². The Kier molecular flexibility index (Phi) is 1.88. The van der Waals surface area contributed by atoms with Crippen molar-refractivity contribution in [1.82, 2.24) is 5.32 Å². The summed E-state index contributed by atoms with van der Waals surface area (Å²) in [5.41, 5.74) is 1.13. The van der Waals surface area contributed by atoms with Crippen LogP contribution in [-0.2, 0) is 0 Å². The first-order chi connectivity index (χ1) is 4.20. The van der Waals surface area contributed by atoms with E-state index in [4.69, 9.17) is 0 Å². The molecule has 0 amide bonds. The lowest BCUT2D eigenvalue weighted by Crippen LogP contribution is -2.33. The fraction of sp³-hybridized carbons (Fsp3) is 0.714. The van der Waals surface area contributed by atoms with Crippen molar-refractivity contribution in [1.29, 1.82) is 0 Å². The monoisotopic (exact) mass is 127 g/mol. The first-order valence-electron chi connectivity index (χ1n) is 3.33. The molecule has 0 heterocycles. The standard InChI is InChI=1S/C7H13NO/c1-5(2)8-7(9)6-3-4-6/h3,5,7-9H,4H2,1-2H3. The molecule has 2 heteroatoms. The van der Waals surface area contributed by atoms with E-state index in [-0.39, 0.29) is 6.23 Å². The van der Waals surface area contributed by atoms with Gasteiger partial charge in [-0.2, -0.15) is 0 Å². The minimum atomic E-state index is -0.384.